The molecule has 10 heteroatoms. The molecule has 1 aromatic carbocycles. The number of anilines is 1. The van der Waals surface area contributed by atoms with E-state index in [0.717, 1.165) is 5.56 Å². The normalized spacial score (nSPS) is 20.8. The molecule has 1 unspecified atom stereocenters. The number of aryl methyl sites for hydroxylation is 1. The van der Waals surface area contributed by atoms with E-state index in [-0.39, 0.29) is 29.1 Å². The van der Waals surface area contributed by atoms with Crippen LogP contribution in [0.25, 0.3) is 11.0 Å². The minimum atomic E-state index is -2.57. The molecule has 3 atom stereocenters. The van der Waals surface area contributed by atoms with Crippen molar-refractivity contribution in [2.75, 3.05) is 19.0 Å². The van der Waals surface area contributed by atoms with E-state index in [1.807, 2.05) is 13.8 Å². The van der Waals surface area contributed by atoms with Crippen molar-refractivity contribution in [3.63, 3.8) is 0 Å². The average Bonchev–Trinajstić information content (AvgIpc) is 3.18. The Labute approximate surface area is 208 Å². The van der Waals surface area contributed by atoms with E-state index in [1.165, 1.54) is 23.9 Å². The van der Waals surface area contributed by atoms with Crippen LogP contribution in [0.4, 0.5) is 14.6 Å². The van der Waals surface area contributed by atoms with Crippen molar-refractivity contribution in [2.24, 2.45) is 7.05 Å². The molecule has 8 nitrogen and oxygen atoms in total. The minimum absolute atomic E-state index is 0.00865. The molecule has 0 bridgehead atoms. The van der Waals surface area contributed by atoms with Gasteiger partial charge < -0.3 is 15.0 Å². The fourth-order valence-electron chi connectivity index (χ4n) is 5.46. The molecule has 0 aliphatic carbocycles. The van der Waals surface area contributed by atoms with Crippen molar-refractivity contribution in [1.29, 1.82) is 0 Å². The summed E-state index contributed by atoms with van der Waals surface area (Å²) < 4.78 is 34.3. The SMILES string of the molecule is COC1(c2cc3c(N[C@H](C)c4cccc(C(F)F)c4C)ncnc3n(C)c2=O)CCN(C(C)=O)[C@@H]1C. The highest BCUT2D eigenvalue weighted by Gasteiger charge is 2.49. The second-order valence-corrected chi connectivity index (χ2v) is 9.34. The number of benzene rings is 1. The number of nitrogens with zero attached hydrogens (tertiary/aromatic N) is 4. The zero-order chi connectivity index (χ0) is 26.4. The predicted octanol–water partition coefficient (Wildman–Crippen LogP) is 4.23. The highest BCUT2D eigenvalue weighted by molar-refractivity contribution is 5.87. The number of halogens is 2. The number of nitrogens with one attached hydrogen (secondary N) is 1. The molecule has 1 fully saturated rings. The first kappa shape index (κ1) is 25.7. The molecule has 0 spiro atoms. The molecule has 1 aliphatic rings. The fourth-order valence-corrected chi connectivity index (χ4v) is 5.46. The molecule has 1 saturated heterocycles. The summed E-state index contributed by atoms with van der Waals surface area (Å²) in [6, 6.07) is 5.88. The number of fused-ring (bicyclic) bond motifs is 1. The predicted molar refractivity (Wildman–Crippen MR) is 133 cm³/mol. The molecule has 1 aliphatic heterocycles. The van der Waals surface area contributed by atoms with Crippen LogP contribution in [-0.2, 0) is 22.2 Å². The van der Waals surface area contributed by atoms with Gasteiger partial charge in [-0.05, 0) is 38.0 Å². The van der Waals surface area contributed by atoms with Gasteiger partial charge in [0.2, 0.25) is 5.91 Å². The summed E-state index contributed by atoms with van der Waals surface area (Å²) in [7, 11) is 3.18. The Morgan fingerprint density at radius 3 is 2.58 bits per heavy atom. The van der Waals surface area contributed by atoms with Gasteiger partial charge in [0.15, 0.2) is 0 Å². The number of methoxy groups -OCH3 is 1. The van der Waals surface area contributed by atoms with Gasteiger partial charge in [-0.25, -0.2) is 18.7 Å². The molecule has 1 amide bonds. The molecule has 0 saturated carbocycles. The largest absolute Gasteiger partial charge is 0.371 e. The van der Waals surface area contributed by atoms with E-state index >= 15 is 0 Å². The van der Waals surface area contributed by atoms with Crippen LogP contribution in [0.3, 0.4) is 0 Å². The molecule has 3 aromatic rings. The Balaban J connectivity index is 1.83. The van der Waals surface area contributed by atoms with Crippen LogP contribution in [0.2, 0.25) is 0 Å². The molecule has 0 radical (unpaired) electrons. The maximum Gasteiger partial charge on any atom is 0.264 e. The van der Waals surface area contributed by atoms with Crippen molar-refractivity contribution in [1.82, 2.24) is 19.4 Å². The lowest BCUT2D eigenvalue weighted by Gasteiger charge is -2.34. The number of pyridine rings is 1. The summed E-state index contributed by atoms with van der Waals surface area (Å²) in [4.78, 5) is 36.1. The van der Waals surface area contributed by atoms with E-state index in [0.29, 0.717) is 40.9 Å². The van der Waals surface area contributed by atoms with Gasteiger partial charge in [-0.15, -0.1) is 0 Å². The first-order valence-corrected chi connectivity index (χ1v) is 11.8. The summed E-state index contributed by atoms with van der Waals surface area (Å²) in [6.45, 7) is 7.40. The highest BCUT2D eigenvalue weighted by atomic mass is 19.3. The van der Waals surface area contributed by atoms with Gasteiger partial charge in [-0.1, -0.05) is 18.2 Å². The van der Waals surface area contributed by atoms with Crippen molar-refractivity contribution in [3.8, 4) is 0 Å². The van der Waals surface area contributed by atoms with Gasteiger partial charge in [-0.3, -0.25) is 14.2 Å². The molecule has 192 valence electrons. The van der Waals surface area contributed by atoms with Gasteiger partial charge in [0, 0.05) is 39.6 Å². The number of likely N-dealkylation sites (tertiary alicyclic amines) is 1. The second-order valence-electron chi connectivity index (χ2n) is 9.34. The Kier molecular flexibility index (Phi) is 6.83. The zero-order valence-electron chi connectivity index (χ0n) is 21.3. The molecular weight excluding hydrogens is 468 g/mol. The molecular formula is C26H31F2N5O3. The Morgan fingerprint density at radius 2 is 1.97 bits per heavy atom. The van der Waals surface area contributed by atoms with Crippen LogP contribution in [0.5, 0.6) is 0 Å². The molecule has 1 N–H and O–H groups in total. The van der Waals surface area contributed by atoms with E-state index in [2.05, 4.69) is 15.3 Å². The Hall–Kier alpha value is -3.40. The molecule has 3 heterocycles. The summed E-state index contributed by atoms with van der Waals surface area (Å²) in [5.74, 6) is 0.381. The van der Waals surface area contributed by atoms with E-state index in [1.54, 1.807) is 44.2 Å². The number of carbonyl (C=O) groups excluding carboxylic acids is 1. The van der Waals surface area contributed by atoms with Gasteiger partial charge in [0.05, 0.1) is 23.0 Å². The number of amides is 1. The first-order chi connectivity index (χ1) is 17.0. The van der Waals surface area contributed by atoms with Gasteiger partial charge in [0.25, 0.3) is 12.0 Å². The van der Waals surface area contributed by atoms with Gasteiger partial charge >= 0.3 is 0 Å². The number of alkyl halides is 2. The molecule has 36 heavy (non-hydrogen) atoms. The lowest BCUT2D eigenvalue weighted by Crippen LogP contribution is -2.47. The van der Waals surface area contributed by atoms with Crippen molar-refractivity contribution in [2.45, 2.75) is 58.2 Å². The number of hydrogen-bond acceptors (Lipinski definition) is 6. The third-order valence-electron chi connectivity index (χ3n) is 7.57. The molecule has 2 aromatic heterocycles. The van der Waals surface area contributed by atoms with Crippen LogP contribution in [0.1, 0.15) is 61.9 Å². The third-order valence-corrected chi connectivity index (χ3v) is 7.57. The topological polar surface area (TPSA) is 89.3 Å². The van der Waals surface area contributed by atoms with E-state index < -0.39 is 12.0 Å². The maximum absolute atomic E-state index is 13.5. The lowest BCUT2D eigenvalue weighted by atomic mass is 9.87. The standard InChI is InChI=1S/C26H31F2N5O3/c1-14-18(8-7-9-19(14)22(27)28)15(2)31-23-20-12-21(25(35)32(5)24(20)30-13-29-23)26(36-6)10-11-33(16(26)3)17(4)34/h7-9,12-13,15-16,22H,10-11H2,1-6H3,(H,29,30,31)/t15-,16-,26?/m1/s1. The quantitative estimate of drug-likeness (QED) is 0.546. The Morgan fingerprint density at radius 1 is 1.28 bits per heavy atom. The van der Waals surface area contributed by atoms with Gasteiger partial charge in [0.1, 0.15) is 23.4 Å². The zero-order valence-corrected chi connectivity index (χ0v) is 21.3. The first-order valence-electron chi connectivity index (χ1n) is 11.8. The average molecular weight is 500 g/mol. The summed E-state index contributed by atoms with van der Waals surface area (Å²) in [5, 5.41) is 3.92. The minimum Gasteiger partial charge on any atom is -0.371 e. The van der Waals surface area contributed by atoms with Crippen LogP contribution in [-0.4, -0.2) is 45.0 Å². The van der Waals surface area contributed by atoms with Crippen molar-refractivity contribution >= 4 is 22.8 Å². The van der Waals surface area contributed by atoms with Crippen LogP contribution >= 0.6 is 0 Å². The number of hydrogen-bond donors (Lipinski definition) is 1. The third kappa shape index (κ3) is 4.03. The van der Waals surface area contributed by atoms with Crippen LogP contribution < -0.4 is 10.9 Å². The second kappa shape index (κ2) is 9.57. The summed E-state index contributed by atoms with van der Waals surface area (Å²) >= 11 is 0. The molecule has 4 rings (SSSR count). The summed E-state index contributed by atoms with van der Waals surface area (Å²) in [6.07, 6.45) is -0.736. The van der Waals surface area contributed by atoms with Crippen LogP contribution in [0.15, 0.2) is 35.4 Å². The Bertz CT molecular complexity index is 1380. The van der Waals surface area contributed by atoms with Crippen molar-refractivity contribution in [3.05, 3.63) is 63.2 Å². The van der Waals surface area contributed by atoms with Gasteiger partial charge in [-0.2, -0.15) is 0 Å². The monoisotopic (exact) mass is 499 g/mol. The lowest BCUT2D eigenvalue weighted by molar-refractivity contribution is -0.132. The van der Waals surface area contributed by atoms with E-state index in [4.69, 9.17) is 4.74 Å². The highest BCUT2D eigenvalue weighted by Crippen LogP contribution is 2.40. The number of ether oxygens (including phenoxy) is 1. The summed E-state index contributed by atoms with van der Waals surface area (Å²) in [5.41, 5.74) is 0.811. The smallest absolute Gasteiger partial charge is 0.264 e. The van der Waals surface area contributed by atoms with E-state index in [9.17, 15) is 18.4 Å². The fraction of sp³-hybridized carbons (Fsp3) is 0.462. The van der Waals surface area contributed by atoms with Crippen molar-refractivity contribution < 1.29 is 18.3 Å². The number of aromatic nitrogens is 3. The maximum atomic E-state index is 13.5. The number of rotatable bonds is 6. The number of carbonyl (C=O) groups is 1. The van der Waals surface area contributed by atoms with Crippen LogP contribution in [0, 0.1) is 6.92 Å².